The lowest BCUT2D eigenvalue weighted by Gasteiger charge is -2.21. The standard InChI is InChI=1S/C13H16ClN3/c14-13-8-11(16)3-2-10(13)9-17(7-1-6-15)12-4-5-12/h2-3,8,12H,1,4-5,7,9,16H2. The minimum absolute atomic E-state index is 0.573. The first-order valence-electron chi connectivity index (χ1n) is 5.85. The predicted octanol–water partition coefficient (Wildman–Crippen LogP) is 2.80. The highest BCUT2D eigenvalue weighted by Gasteiger charge is 2.28. The molecule has 0 atom stereocenters. The monoisotopic (exact) mass is 249 g/mol. The van der Waals surface area contributed by atoms with Gasteiger partial charge in [0.25, 0.3) is 0 Å². The van der Waals surface area contributed by atoms with Crippen molar-refractivity contribution in [1.29, 1.82) is 5.26 Å². The number of anilines is 1. The SMILES string of the molecule is N#CCCN(Cc1ccc(N)cc1Cl)C1CC1. The van der Waals surface area contributed by atoms with E-state index in [-0.39, 0.29) is 0 Å². The number of hydrogen-bond acceptors (Lipinski definition) is 3. The molecule has 0 aliphatic heterocycles. The number of hydrogen-bond donors (Lipinski definition) is 1. The largest absolute Gasteiger partial charge is 0.399 e. The molecule has 2 N–H and O–H groups in total. The zero-order valence-corrected chi connectivity index (χ0v) is 10.5. The van der Waals surface area contributed by atoms with Crippen molar-refractivity contribution in [2.24, 2.45) is 0 Å². The molecule has 2 rings (SSSR count). The topological polar surface area (TPSA) is 53.0 Å². The summed E-state index contributed by atoms with van der Waals surface area (Å²) in [5, 5.41) is 9.37. The van der Waals surface area contributed by atoms with E-state index in [4.69, 9.17) is 22.6 Å². The lowest BCUT2D eigenvalue weighted by molar-refractivity contribution is 0.261. The van der Waals surface area contributed by atoms with Gasteiger partial charge < -0.3 is 5.73 Å². The summed E-state index contributed by atoms with van der Waals surface area (Å²) in [6.07, 6.45) is 3.04. The van der Waals surface area contributed by atoms with Crippen molar-refractivity contribution >= 4 is 17.3 Å². The smallest absolute Gasteiger partial charge is 0.0635 e. The van der Waals surface area contributed by atoms with Gasteiger partial charge in [-0.2, -0.15) is 5.26 Å². The number of nitrogens with two attached hydrogens (primary N) is 1. The fourth-order valence-corrected chi connectivity index (χ4v) is 2.18. The second kappa shape index (κ2) is 5.39. The van der Waals surface area contributed by atoms with Crippen LogP contribution in [-0.4, -0.2) is 17.5 Å². The molecular formula is C13H16ClN3. The van der Waals surface area contributed by atoms with Gasteiger partial charge in [-0.1, -0.05) is 17.7 Å². The van der Waals surface area contributed by atoms with Crippen LogP contribution in [0.1, 0.15) is 24.8 Å². The van der Waals surface area contributed by atoms with Gasteiger partial charge in [-0.05, 0) is 30.5 Å². The Hall–Kier alpha value is -1.24. The van der Waals surface area contributed by atoms with E-state index in [2.05, 4.69) is 11.0 Å². The quantitative estimate of drug-likeness (QED) is 0.817. The fraction of sp³-hybridized carbons (Fsp3) is 0.462. The Morgan fingerprint density at radius 1 is 1.47 bits per heavy atom. The first-order valence-corrected chi connectivity index (χ1v) is 6.23. The summed E-state index contributed by atoms with van der Waals surface area (Å²) in [4.78, 5) is 2.33. The van der Waals surface area contributed by atoms with E-state index in [9.17, 15) is 0 Å². The number of benzene rings is 1. The molecule has 1 aromatic rings. The molecule has 1 aliphatic carbocycles. The normalized spacial score (nSPS) is 14.9. The molecule has 17 heavy (non-hydrogen) atoms. The van der Waals surface area contributed by atoms with Crippen molar-refractivity contribution in [3.8, 4) is 6.07 Å². The summed E-state index contributed by atoms with van der Waals surface area (Å²) in [6.45, 7) is 1.63. The number of halogens is 1. The maximum Gasteiger partial charge on any atom is 0.0635 e. The molecule has 0 heterocycles. The molecule has 4 heteroatoms. The average molecular weight is 250 g/mol. The van der Waals surface area contributed by atoms with Gasteiger partial charge in [0.15, 0.2) is 0 Å². The third-order valence-electron chi connectivity index (χ3n) is 3.02. The lowest BCUT2D eigenvalue weighted by atomic mass is 10.2. The summed E-state index contributed by atoms with van der Waals surface area (Å²) in [5.74, 6) is 0. The minimum Gasteiger partial charge on any atom is -0.399 e. The minimum atomic E-state index is 0.573. The number of rotatable bonds is 5. The lowest BCUT2D eigenvalue weighted by Crippen LogP contribution is -2.26. The van der Waals surface area contributed by atoms with Gasteiger partial charge in [0.05, 0.1) is 6.07 Å². The van der Waals surface area contributed by atoms with Crippen LogP contribution >= 0.6 is 11.6 Å². The van der Waals surface area contributed by atoms with Crippen molar-refractivity contribution < 1.29 is 0 Å². The van der Waals surface area contributed by atoms with E-state index in [0.717, 1.165) is 18.7 Å². The molecule has 0 aromatic heterocycles. The molecule has 0 spiro atoms. The Morgan fingerprint density at radius 3 is 2.82 bits per heavy atom. The highest BCUT2D eigenvalue weighted by molar-refractivity contribution is 6.31. The van der Waals surface area contributed by atoms with Crippen molar-refractivity contribution in [2.75, 3.05) is 12.3 Å². The summed E-state index contributed by atoms with van der Waals surface area (Å²) in [6, 6.07) is 8.46. The number of nitrogens with zero attached hydrogens (tertiary/aromatic N) is 2. The van der Waals surface area contributed by atoms with Crippen molar-refractivity contribution in [2.45, 2.75) is 31.8 Å². The van der Waals surface area contributed by atoms with Gasteiger partial charge in [0.2, 0.25) is 0 Å². The van der Waals surface area contributed by atoms with E-state index in [0.29, 0.717) is 23.2 Å². The number of nitrogen functional groups attached to an aromatic ring is 1. The maximum absolute atomic E-state index is 8.66. The van der Waals surface area contributed by atoms with Crippen LogP contribution in [0.2, 0.25) is 5.02 Å². The van der Waals surface area contributed by atoms with E-state index >= 15 is 0 Å². The molecular weight excluding hydrogens is 234 g/mol. The fourth-order valence-electron chi connectivity index (χ4n) is 1.93. The molecule has 0 radical (unpaired) electrons. The van der Waals surface area contributed by atoms with Crippen LogP contribution < -0.4 is 5.73 Å². The summed E-state index contributed by atoms with van der Waals surface area (Å²) in [7, 11) is 0. The van der Waals surface area contributed by atoms with Crippen LogP contribution in [0.15, 0.2) is 18.2 Å². The molecule has 1 fully saturated rings. The molecule has 1 saturated carbocycles. The Morgan fingerprint density at radius 2 is 2.24 bits per heavy atom. The second-order valence-electron chi connectivity index (χ2n) is 4.46. The highest BCUT2D eigenvalue weighted by Crippen LogP contribution is 2.30. The Balaban J connectivity index is 2.03. The van der Waals surface area contributed by atoms with Crippen molar-refractivity contribution in [3.63, 3.8) is 0 Å². The third kappa shape index (κ3) is 3.36. The summed E-state index contributed by atoms with van der Waals surface area (Å²) < 4.78 is 0. The van der Waals surface area contributed by atoms with Gasteiger partial charge in [0.1, 0.15) is 0 Å². The van der Waals surface area contributed by atoms with Gasteiger partial charge in [0, 0.05) is 36.3 Å². The molecule has 1 aliphatic rings. The predicted molar refractivity (Wildman–Crippen MR) is 69.5 cm³/mol. The Labute approximate surface area is 107 Å². The maximum atomic E-state index is 8.66. The summed E-state index contributed by atoms with van der Waals surface area (Å²) >= 11 is 6.16. The van der Waals surface area contributed by atoms with Crippen LogP contribution in [0.5, 0.6) is 0 Å². The van der Waals surface area contributed by atoms with E-state index in [1.807, 2.05) is 12.1 Å². The highest BCUT2D eigenvalue weighted by atomic mass is 35.5. The van der Waals surface area contributed by atoms with Crippen LogP contribution in [0.25, 0.3) is 0 Å². The van der Waals surface area contributed by atoms with E-state index in [1.165, 1.54) is 12.8 Å². The van der Waals surface area contributed by atoms with Crippen LogP contribution in [0.3, 0.4) is 0 Å². The van der Waals surface area contributed by atoms with E-state index < -0.39 is 0 Å². The van der Waals surface area contributed by atoms with Gasteiger partial charge in [-0.15, -0.1) is 0 Å². The van der Waals surface area contributed by atoms with Crippen molar-refractivity contribution in [3.05, 3.63) is 28.8 Å². The van der Waals surface area contributed by atoms with E-state index in [1.54, 1.807) is 6.07 Å². The van der Waals surface area contributed by atoms with Crippen molar-refractivity contribution in [1.82, 2.24) is 4.90 Å². The summed E-state index contributed by atoms with van der Waals surface area (Å²) in [5.41, 5.74) is 7.45. The van der Waals surface area contributed by atoms with Gasteiger partial charge in [-0.25, -0.2) is 0 Å². The molecule has 0 unspecified atom stereocenters. The zero-order chi connectivity index (χ0) is 12.3. The zero-order valence-electron chi connectivity index (χ0n) is 9.69. The second-order valence-corrected chi connectivity index (χ2v) is 4.87. The number of nitriles is 1. The first kappa shape index (κ1) is 12.2. The molecule has 3 nitrogen and oxygen atoms in total. The molecule has 90 valence electrons. The third-order valence-corrected chi connectivity index (χ3v) is 3.38. The van der Waals surface area contributed by atoms with Crippen LogP contribution in [0.4, 0.5) is 5.69 Å². The average Bonchev–Trinajstić information content (AvgIpc) is 3.11. The molecule has 1 aromatic carbocycles. The van der Waals surface area contributed by atoms with Crippen LogP contribution in [-0.2, 0) is 6.54 Å². The van der Waals surface area contributed by atoms with Gasteiger partial charge in [-0.3, -0.25) is 4.90 Å². The Kier molecular flexibility index (Phi) is 3.88. The first-order chi connectivity index (χ1) is 8.20. The van der Waals surface area contributed by atoms with Crippen LogP contribution in [0, 0.1) is 11.3 Å². The molecule has 0 amide bonds. The Bertz CT molecular complexity index is 435. The van der Waals surface area contributed by atoms with Gasteiger partial charge >= 0.3 is 0 Å². The molecule has 0 bridgehead atoms. The molecule has 0 saturated heterocycles.